The third-order valence-electron chi connectivity index (χ3n) is 2.29. The first-order chi connectivity index (χ1) is 5.92. The molecule has 0 aromatic heterocycles. The molecule has 0 N–H and O–H groups in total. The second kappa shape index (κ2) is 2.88. The smallest absolute Gasteiger partial charge is 0.0631 e. The molecule has 1 aromatic rings. The van der Waals surface area contributed by atoms with Gasteiger partial charge in [0.15, 0.2) is 0 Å². The molecule has 1 unspecified atom stereocenters. The molecule has 0 saturated heterocycles. The summed E-state index contributed by atoms with van der Waals surface area (Å²) < 4.78 is 0. The third-order valence-corrected chi connectivity index (χ3v) is 2.29. The standard InChI is InChI=1S/C9H9N3/c10-12-11-9-6-5-7-3-1-2-4-8(7)9/h1-4,9H,5-6H2. The quantitative estimate of drug-likeness (QED) is 0.343. The van der Waals surface area contributed by atoms with E-state index in [4.69, 9.17) is 5.53 Å². The topological polar surface area (TPSA) is 48.8 Å². The van der Waals surface area contributed by atoms with Gasteiger partial charge in [0.1, 0.15) is 0 Å². The van der Waals surface area contributed by atoms with E-state index in [1.54, 1.807) is 0 Å². The maximum atomic E-state index is 8.31. The Labute approximate surface area is 70.7 Å². The fourth-order valence-electron chi connectivity index (χ4n) is 1.72. The Morgan fingerprint density at radius 1 is 1.42 bits per heavy atom. The van der Waals surface area contributed by atoms with Gasteiger partial charge in [-0.1, -0.05) is 29.4 Å². The normalized spacial score (nSPS) is 19.8. The van der Waals surface area contributed by atoms with Crippen LogP contribution in [0.3, 0.4) is 0 Å². The molecule has 3 heteroatoms. The monoisotopic (exact) mass is 159 g/mol. The van der Waals surface area contributed by atoms with Crippen LogP contribution in [0.5, 0.6) is 0 Å². The van der Waals surface area contributed by atoms with E-state index in [-0.39, 0.29) is 6.04 Å². The van der Waals surface area contributed by atoms with E-state index >= 15 is 0 Å². The van der Waals surface area contributed by atoms with Gasteiger partial charge >= 0.3 is 0 Å². The molecule has 0 spiro atoms. The Bertz CT molecular complexity index is 339. The van der Waals surface area contributed by atoms with E-state index in [9.17, 15) is 0 Å². The molecule has 0 bridgehead atoms. The zero-order chi connectivity index (χ0) is 8.39. The van der Waals surface area contributed by atoms with Crippen molar-refractivity contribution >= 4 is 0 Å². The average Bonchev–Trinajstić information content (AvgIpc) is 2.50. The van der Waals surface area contributed by atoms with Crippen LogP contribution >= 0.6 is 0 Å². The van der Waals surface area contributed by atoms with E-state index in [2.05, 4.69) is 16.1 Å². The van der Waals surface area contributed by atoms with Crippen LogP contribution in [0.15, 0.2) is 29.4 Å². The molecule has 1 aliphatic carbocycles. The molecule has 60 valence electrons. The summed E-state index contributed by atoms with van der Waals surface area (Å²) in [5, 5.41) is 3.75. The van der Waals surface area contributed by atoms with Gasteiger partial charge in [-0.05, 0) is 29.5 Å². The first-order valence-electron chi connectivity index (χ1n) is 4.04. The van der Waals surface area contributed by atoms with Gasteiger partial charge in [-0.15, -0.1) is 0 Å². The summed E-state index contributed by atoms with van der Waals surface area (Å²) in [6.07, 6.45) is 2.00. The lowest BCUT2D eigenvalue weighted by Crippen LogP contribution is -1.85. The van der Waals surface area contributed by atoms with Gasteiger partial charge in [0.25, 0.3) is 0 Å². The summed E-state index contributed by atoms with van der Waals surface area (Å²) in [4.78, 5) is 2.84. The van der Waals surface area contributed by atoms with Crippen molar-refractivity contribution in [2.24, 2.45) is 5.11 Å². The number of benzene rings is 1. The summed E-state index contributed by atoms with van der Waals surface area (Å²) in [6.45, 7) is 0. The van der Waals surface area contributed by atoms with E-state index < -0.39 is 0 Å². The Morgan fingerprint density at radius 2 is 2.25 bits per heavy atom. The van der Waals surface area contributed by atoms with Crippen LogP contribution in [0, 0.1) is 0 Å². The highest BCUT2D eigenvalue weighted by Crippen LogP contribution is 2.33. The minimum Gasteiger partial charge on any atom is -0.0859 e. The lowest BCUT2D eigenvalue weighted by atomic mass is 10.1. The fraction of sp³-hybridized carbons (Fsp3) is 0.333. The maximum Gasteiger partial charge on any atom is 0.0631 e. The molecule has 2 rings (SSSR count). The Hall–Kier alpha value is -1.47. The third kappa shape index (κ3) is 1.04. The summed E-state index contributed by atoms with van der Waals surface area (Å²) in [6, 6.07) is 8.23. The molecule has 0 fully saturated rings. The highest BCUT2D eigenvalue weighted by Gasteiger charge is 2.19. The molecule has 1 aliphatic rings. The van der Waals surface area contributed by atoms with Crippen LogP contribution in [0.25, 0.3) is 10.4 Å². The Balaban J connectivity index is 2.42. The van der Waals surface area contributed by atoms with Crippen LogP contribution < -0.4 is 0 Å². The Kier molecular flexibility index (Phi) is 1.72. The number of fused-ring (bicyclic) bond motifs is 1. The summed E-state index contributed by atoms with van der Waals surface area (Å²) in [5.74, 6) is 0. The molecule has 12 heavy (non-hydrogen) atoms. The number of rotatable bonds is 1. The van der Waals surface area contributed by atoms with E-state index in [1.165, 1.54) is 11.1 Å². The summed E-state index contributed by atoms with van der Waals surface area (Å²) in [5.41, 5.74) is 10.8. The van der Waals surface area contributed by atoms with Crippen molar-refractivity contribution in [3.05, 3.63) is 45.8 Å². The first-order valence-corrected chi connectivity index (χ1v) is 4.04. The molecule has 1 aromatic carbocycles. The molecule has 1 atom stereocenters. The summed E-state index contributed by atoms with van der Waals surface area (Å²) in [7, 11) is 0. The molecule has 3 nitrogen and oxygen atoms in total. The van der Waals surface area contributed by atoms with Gasteiger partial charge in [0.2, 0.25) is 0 Å². The number of azide groups is 1. The van der Waals surface area contributed by atoms with E-state index in [1.807, 2.05) is 18.2 Å². The number of hydrogen-bond acceptors (Lipinski definition) is 1. The van der Waals surface area contributed by atoms with Crippen molar-refractivity contribution in [1.82, 2.24) is 0 Å². The number of aryl methyl sites for hydroxylation is 1. The van der Waals surface area contributed by atoms with E-state index in [0.29, 0.717) is 0 Å². The van der Waals surface area contributed by atoms with Crippen molar-refractivity contribution in [2.75, 3.05) is 0 Å². The minimum absolute atomic E-state index is 0.0752. The largest absolute Gasteiger partial charge is 0.0859 e. The highest BCUT2D eigenvalue weighted by atomic mass is 15.1. The van der Waals surface area contributed by atoms with Gasteiger partial charge in [0.05, 0.1) is 6.04 Å². The number of nitrogens with zero attached hydrogens (tertiary/aromatic N) is 3. The molecular formula is C9H9N3. The van der Waals surface area contributed by atoms with Crippen molar-refractivity contribution in [1.29, 1.82) is 0 Å². The van der Waals surface area contributed by atoms with Crippen LogP contribution in [-0.2, 0) is 6.42 Å². The predicted molar refractivity (Wildman–Crippen MR) is 46.7 cm³/mol. The zero-order valence-electron chi connectivity index (χ0n) is 6.64. The zero-order valence-corrected chi connectivity index (χ0v) is 6.64. The molecule has 0 saturated carbocycles. The lowest BCUT2D eigenvalue weighted by molar-refractivity contribution is 0.707. The van der Waals surface area contributed by atoms with Crippen molar-refractivity contribution in [2.45, 2.75) is 18.9 Å². The van der Waals surface area contributed by atoms with Gasteiger partial charge < -0.3 is 0 Å². The highest BCUT2D eigenvalue weighted by molar-refractivity contribution is 5.34. The van der Waals surface area contributed by atoms with E-state index in [0.717, 1.165) is 12.8 Å². The maximum absolute atomic E-state index is 8.31. The van der Waals surface area contributed by atoms with Crippen LogP contribution in [0.2, 0.25) is 0 Å². The van der Waals surface area contributed by atoms with Gasteiger partial charge in [-0.2, -0.15) is 0 Å². The molecule has 0 heterocycles. The van der Waals surface area contributed by atoms with Crippen LogP contribution in [0.1, 0.15) is 23.6 Å². The fourth-order valence-corrected chi connectivity index (χ4v) is 1.72. The van der Waals surface area contributed by atoms with Crippen LogP contribution in [-0.4, -0.2) is 0 Å². The first kappa shape index (κ1) is 7.19. The van der Waals surface area contributed by atoms with Crippen LogP contribution in [0.4, 0.5) is 0 Å². The SMILES string of the molecule is [N-]=[N+]=NC1CCc2ccccc21. The molecule has 0 aliphatic heterocycles. The molecule has 0 amide bonds. The summed E-state index contributed by atoms with van der Waals surface area (Å²) >= 11 is 0. The van der Waals surface area contributed by atoms with Crippen molar-refractivity contribution in [3.8, 4) is 0 Å². The van der Waals surface area contributed by atoms with Crippen molar-refractivity contribution in [3.63, 3.8) is 0 Å². The lowest BCUT2D eigenvalue weighted by Gasteiger charge is -2.01. The van der Waals surface area contributed by atoms with Gasteiger partial charge in [-0.3, -0.25) is 0 Å². The Morgan fingerprint density at radius 3 is 3.08 bits per heavy atom. The van der Waals surface area contributed by atoms with Crippen molar-refractivity contribution < 1.29 is 0 Å². The second-order valence-corrected chi connectivity index (χ2v) is 2.96. The average molecular weight is 159 g/mol. The molecule has 0 radical (unpaired) electrons. The predicted octanol–water partition coefficient (Wildman–Crippen LogP) is 2.98. The minimum atomic E-state index is 0.0752. The second-order valence-electron chi connectivity index (χ2n) is 2.96. The van der Waals surface area contributed by atoms with Gasteiger partial charge in [0, 0.05) is 4.91 Å². The molecular weight excluding hydrogens is 150 g/mol. The van der Waals surface area contributed by atoms with Gasteiger partial charge in [-0.25, -0.2) is 0 Å². The number of hydrogen-bond donors (Lipinski definition) is 0.